The fraction of sp³-hybridized carbons (Fsp3) is 0.600. The third kappa shape index (κ3) is 1.74. The SMILES string of the molecule is CCC1(C(C)C)CCCc2ccc(N)c(F)c21. The summed E-state index contributed by atoms with van der Waals surface area (Å²) >= 11 is 0. The van der Waals surface area contributed by atoms with E-state index in [1.165, 1.54) is 5.56 Å². The van der Waals surface area contributed by atoms with Crippen LogP contribution in [0.3, 0.4) is 0 Å². The Balaban J connectivity index is 2.67. The zero-order valence-electron chi connectivity index (χ0n) is 11.0. The van der Waals surface area contributed by atoms with Crippen molar-refractivity contribution in [3.8, 4) is 0 Å². The molecule has 1 nitrogen and oxygen atoms in total. The van der Waals surface area contributed by atoms with E-state index in [9.17, 15) is 4.39 Å². The molecular formula is C15H22FN. The zero-order valence-corrected chi connectivity index (χ0v) is 11.0. The van der Waals surface area contributed by atoms with Gasteiger partial charge in [0, 0.05) is 5.41 Å². The van der Waals surface area contributed by atoms with E-state index in [0.717, 1.165) is 31.2 Å². The van der Waals surface area contributed by atoms with E-state index in [1.807, 2.05) is 6.07 Å². The van der Waals surface area contributed by atoms with E-state index < -0.39 is 0 Å². The average molecular weight is 235 g/mol. The molecule has 0 saturated heterocycles. The summed E-state index contributed by atoms with van der Waals surface area (Å²) in [5.41, 5.74) is 8.09. The number of aryl methyl sites for hydroxylation is 1. The Bertz CT molecular complexity index is 425. The standard InChI is InChI=1S/C15H22FN/c1-4-15(10(2)3)9-5-6-11-7-8-12(17)14(16)13(11)15/h7-8,10H,4-6,9,17H2,1-3H3. The molecule has 2 N–H and O–H groups in total. The molecule has 0 heterocycles. The molecule has 2 rings (SSSR count). The molecule has 1 aromatic carbocycles. The number of anilines is 1. The van der Waals surface area contributed by atoms with Gasteiger partial charge in [-0.2, -0.15) is 0 Å². The number of nitrogens with two attached hydrogens (primary N) is 1. The van der Waals surface area contributed by atoms with Crippen LogP contribution in [0.1, 0.15) is 51.2 Å². The predicted molar refractivity (Wildman–Crippen MR) is 70.6 cm³/mol. The number of halogens is 1. The number of fused-ring (bicyclic) bond motifs is 1. The van der Waals surface area contributed by atoms with Gasteiger partial charge in [-0.15, -0.1) is 0 Å². The van der Waals surface area contributed by atoms with Crippen LogP contribution in [-0.4, -0.2) is 0 Å². The Labute approximate surface area is 103 Å². The fourth-order valence-corrected chi connectivity index (χ4v) is 3.44. The highest BCUT2D eigenvalue weighted by Gasteiger charge is 2.40. The predicted octanol–water partition coefficient (Wildman–Crippen LogP) is 4.05. The molecule has 0 aliphatic heterocycles. The van der Waals surface area contributed by atoms with E-state index in [1.54, 1.807) is 6.07 Å². The molecule has 0 amide bonds. The van der Waals surface area contributed by atoms with Gasteiger partial charge in [0.15, 0.2) is 0 Å². The van der Waals surface area contributed by atoms with Crippen molar-refractivity contribution in [2.45, 2.75) is 51.9 Å². The maximum atomic E-state index is 14.4. The molecule has 1 atom stereocenters. The van der Waals surface area contributed by atoms with Crippen molar-refractivity contribution in [1.29, 1.82) is 0 Å². The van der Waals surface area contributed by atoms with Gasteiger partial charge in [0.2, 0.25) is 0 Å². The van der Waals surface area contributed by atoms with Crippen molar-refractivity contribution in [2.75, 3.05) is 5.73 Å². The summed E-state index contributed by atoms with van der Waals surface area (Å²) in [5.74, 6) is 0.278. The molecular weight excluding hydrogens is 213 g/mol. The summed E-state index contributed by atoms with van der Waals surface area (Å²) in [6, 6.07) is 3.72. The van der Waals surface area contributed by atoms with Crippen molar-refractivity contribution in [3.05, 3.63) is 29.1 Å². The van der Waals surface area contributed by atoms with Crippen LogP contribution in [0.2, 0.25) is 0 Å². The van der Waals surface area contributed by atoms with Crippen LogP contribution in [0.4, 0.5) is 10.1 Å². The van der Waals surface area contributed by atoms with Crippen LogP contribution in [0.15, 0.2) is 12.1 Å². The van der Waals surface area contributed by atoms with Gasteiger partial charge in [0.25, 0.3) is 0 Å². The van der Waals surface area contributed by atoms with E-state index in [2.05, 4.69) is 20.8 Å². The molecule has 1 aliphatic carbocycles. The summed E-state index contributed by atoms with van der Waals surface area (Å²) < 4.78 is 14.4. The van der Waals surface area contributed by atoms with E-state index in [4.69, 9.17) is 5.73 Å². The Morgan fingerprint density at radius 2 is 2.12 bits per heavy atom. The molecule has 0 fully saturated rings. The lowest BCUT2D eigenvalue weighted by molar-refractivity contribution is 0.244. The first-order valence-electron chi connectivity index (χ1n) is 6.60. The number of nitrogen functional groups attached to an aromatic ring is 1. The van der Waals surface area contributed by atoms with Crippen LogP contribution in [0.5, 0.6) is 0 Å². The number of hydrogen-bond acceptors (Lipinski definition) is 1. The summed E-state index contributed by atoms with van der Waals surface area (Å²) in [4.78, 5) is 0. The van der Waals surface area contributed by atoms with Crippen LogP contribution in [-0.2, 0) is 11.8 Å². The van der Waals surface area contributed by atoms with Gasteiger partial charge in [-0.3, -0.25) is 0 Å². The molecule has 2 heteroatoms. The molecule has 0 aromatic heterocycles. The molecule has 0 saturated carbocycles. The molecule has 94 valence electrons. The van der Waals surface area contributed by atoms with Gasteiger partial charge in [-0.25, -0.2) is 4.39 Å². The van der Waals surface area contributed by atoms with Crippen LogP contribution in [0, 0.1) is 11.7 Å². The number of hydrogen-bond donors (Lipinski definition) is 1. The highest BCUT2D eigenvalue weighted by molar-refractivity contribution is 5.51. The van der Waals surface area contributed by atoms with Crippen LogP contribution in [0.25, 0.3) is 0 Å². The minimum absolute atomic E-state index is 0.0208. The summed E-state index contributed by atoms with van der Waals surface area (Å²) in [6.45, 7) is 6.56. The van der Waals surface area contributed by atoms with Crippen molar-refractivity contribution in [3.63, 3.8) is 0 Å². The maximum Gasteiger partial charge on any atom is 0.150 e. The lowest BCUT2D eigenvalue weighted by atomic mass is 9.62. The highest BCUT2D eigenvalue weighted by Crippen LogP contribution is 2.47. The van der Waals surface area contributed by atoms with Gasteiger partial charge in [0.05, 0.1) is 5.69 Å². The third-order valence-electron chi connectivity index (χ3n) is 4.56. The lowest BCUT2D eigenvalue weighted by Gasteiger charge is -2.42. The normalized spacial score (nSPS) is 23.8. The van der Waals surface area contributed by atoms with Crippen molar-refractivity contribution >= 4 is 5.69 Å². The first kappa shape index (κ1) is 12.4. The van der Waals surface area contributed by atoms with E-state index in [0.29, 0.717) is 11.6 Å². The van der Waals surface area contributed by atoms with Crippen molar-refractivity contribution < 1.29 is 4.39 Å². The highest BCUT2D eigenvalue weighted by atomic mass is 19.1. The van der Waals surface area contributed by atoms with Crippen molar-refractivity contribution in [1.82, 2.24) is 0 Å². The Hall–Kier alpha value is -1.05. The van der Waals surface area contributed by atoms with Crippen LogP contribution < -0.4 is 5.73 Å². The second-order valence-corrected chi connectivity index (χ2v) is 5.52. The number of benzene rings is 1. The third-order valence-corrected chi connectivity index (χ3v) is 4.56. The minimum atomic E-state index is -0.169. The first-order chi connectivity index (χ1) is 8.03. The Kier molecular flexibility index (Phi) is 3.15. The van der Waals surface area contributed by atoms with Gasteiger partial charge in [-0.05, 0) is 48.8 Å². The summed E-state index contributed by atoms with van der Waals surface area (Å²) in [5, 5.41) is 0. The molecule has 1 aromatic rings. The monoisotopic (exact) mass is 235 g/mol. The summed E-state index contributed by atoms with van der Waals surface area (Å²) in [7, 11) is 0. The second kappa shape index (κ2) is 4.32. The second-order valence-electron chi connectivity index (χ2n) is 5.52. The Morgan fingerprint density at radius 1 is 1.41 bits per heavy atom. The largest absolute Gasteiger partial charge is 0.396 e. The molecule has 1 aliphatic rings. The maximum absolute atomic E-state index is 14.4. The van der Waals surface area contributed by atoms with E-state index >= 15 is 0 Å². The van der Waals surface area contributed by atoms with Gasteiger partial charge in [-0.1, -0.05) is 26.8 Å². The molecule has 0 radical (unpaired) electrons. The average Bonchev–Trinajstić information content (AvgIpc) is 2.32. The topological polar surface area (TPSA) is 26.0 Å². The zero-order chi connectivity index (χ0) is 12.6. The summed E-state index contributed by atoms with van der Waals surface area (Å²) in [6.07, 6.45) is 4.20. The lowest BCUT2D eigenvalue weighted by Crippen LogP contribution is -2.37. The molecule has 0 bridgehead atoms. The molecule has 1 unspecified atom stereocenters. The molecule has 17 heavy (non-hydrogen) atoms. The fourth-order valence-electron chi connectivity index (χ4n) is 3.44. The minimum Gasteiger partial charge on any atom is -0.396 e. The van der Waals surface area contributed by atoms with Gasteiger partial charge in [0.1, 0.15) is 5.82 Å². The van der Waals surface area contributed by atoms with Crippen LogP contribution >= 0.6 is 0 Å². The number of rotatable bonds is 2. The molecule has 0 spiro atoms. The van der Waals surface area contributed by atoms with Gasteiger partial charge < -0.3 is 5.73 Å². The first-order valence-corrected chi connectivity index (χ1v) is 6.60. The van der Waals surface area contributed by atoms with Gasteiger partial charge >= 0.3 is 0 Å². The Morgan fingerprint density at radius 3 is 2.71 bits per heavy atom. The smallest absolute Gasteiger partial charge is 0.150 e. The quantitative estimate of drug-likeness (QED) is 0.769. The van der Waals surface area contributed by atoms with E-state index in [-0.39, 0.29) is 11.2 Å². The van der Waals surface area contributed by atoms with Crippen molar-refractivity contribution in [2.24, 2.45) is 5.92 Å².